The number of hydrogen-bond donors (Lipinski definition) is 1. The maximum atomic E-state index is 12.6. The molecule has 1 aromatic heterocycles. The van der Waals surface area contributed by atoms with Crippen LogP contribution >= 0.6 is 27.3 Å². The number of rotatable bonds is 4. The molecule has 33 heavy (non-hydrogen) atoms. The number of para-hydroxylation sites is 1. The van der Waals surface area contributed by atoms with Crippen molar-refractivity contribution in [2.45, 2.75) is 6.54 Å². The van der Waals surface area contributed by atoms with E-state index in [9.17, 15) is 9.90 Å². The van der Waals surface area contributed by atoms with Gasteiger partial charge in [-0.3, -0.25) is 9.36 Å². The summed E-state index contributed by atoms with van der Waals surface area (Å²) in [6.45, 7) is 0.454. The Morgan fingerprint density at radius 2 is 1.76 bits per heavy atom. The fraction of sp³-hybridized carbons (Fsp3) is 0.0385. The van der Waals surface area contributed by atoms with Crippen molar-refractivity contribution in [2.75, 3.05) is 0 Å². The Morgan fingerprint density at radius 1 is 1.03 bits per heavy atom. The van der Waals surface area contributed by atoms with Gasteiger partial charge in [-0.25, -0.2) is 9.98 Å². The normalized spacial score (nSPS) is 14.6. The molecule has 1 N–H and O–H groups in total. The van der Waals surface area contributed by atoms with E-state index in [1.165, 1.54) is 11.3 Å². The third-order valence-corrected chi connectivity index (χ3v) is 6.64. The van der Waals surface area contributed by atoms with Crippen LogP contribution in [0.5, 0.6) is 5.88 Å². The second-order valence-electron chi connectivity index (χ2n) is 7.46. The molecule has 4 aromatic rings. The predicted octanol–water partition coefficient (Wildman–Crippen LogP) is 4.32. The molecular formula is C26H18BrN3O2S. The molecule has 0 saturated heterocycles. The van der Waals surface area contributed by atoms with E-state index in [2.05, 4.69) is 20.9 Å². The van der Waals surface area contributed by atoms with Gasteiger partial charge in [0.25, 0.3) is 5.91 Å². The van der Waals surface area contributed by atoms with Gasteiger partial charge >= 0.3 is 0 Å². The number of hydrogen-bond acceptors (Lipinski definition) is 4. The Kier molecular flexibility index (Phi) is 5.90. The summed E-state index contributed by atoms with van der Waals surface area (Å²) in [5, 5.41) is 12.6. The van der Waals surface area contributed by atoms with Crippen LogP contribution in [0.25, 0.3) is 12.2 Å². The summed E-state index contributed by atoms with van der Waals surface area (Å²) in [6, 6.07) is 25.0. The van der Waals surface area contributed by atoms with Crippen molar-refractivity contribution in [2.24, 2.45) is 9.98 Å². The molecule has 0 fully saturated rings. The Labute approximate surface area is 202 Å². The van der Waals surface area contributed by atoms with Crippen molar-refractivity contribution in [3.63, 3.8) is 0 Å². The number of halogens is 1. The zero-order valence-corrected chi connectivity index (χ0v) is 19.8. The number of nitrogens with zero attached hydrogens (tertiary/aromatic N) is 3. The van der Waals surface area contributed by atoms with Gasteiger partial charge in [-0.1, -0.05) is 75.8 Å². The molecule has 0 radical (unpaired) electrons. The lowest BCUT2D eigenvalue weighted by atomic mass is 10.1. The topological polar surface area (TPSA) is 67.0 Å². The standard InChI is InChI=1S/C26H18BrN3O2S/c27-20-11-12-22-18(14-20)13-19(24(31)29-22)15-23-25(32)30(16-17-7-3-1-4-8-17)26(33-23)28-21-9-5-2-6-10-21/h1-15,32H,16H2/b19-15-,28-26?. The Morgan fingerprint density at radius 3 is 2.52 bits per heavy atom. The minimum Gasteiger partial charge on any atom is -0.493 e. The maximum absolute atomic E-state index is 12.6. The summed E-state index contributed by atoms with van der Waals surface area (Å²) in [4.78, 5) is 22.8. The fourth-order valence-electron chi connectivity index (χ4n) is 3.51. The Balaban J connectivity index is 1.65. The van der Waals surface area contributed by atoms with Crippen LogP contribution in [-0.2, 0) is 11.3 Å². The lowest BCUT2D eigenvalue weighted by Gasteiger charge is -2.06. The zero-order valence-electron chi connectivity index (χ0n) is 17.4. The number of benzene rings is 3. The van der Waals surface area contributed by atoms with Crippen molar-refractivity contribution in [3.8, 4) is 5.88 Å². The highest BCUT2D eigenvalue weighted by molar-refractivity contribution is 9.10. The van der Waals surface area contributed by atoms with E-state index >= 15 is 0 Å². The van der Waals surface area contributed by atoms with E-state index in [-0.39, 0.29) is 11.8 Å². The molecule has 0 aliphatic carbocycles. The zero-order chi connectivity index (χ0) is 22.8. The van der Waals surface area contributed by atoms with Crippen molar-refractivity contribution < 1.29 is 9.90 Å². The number of carbonyl (C=O) groups excluding carboxylic acids is 1. The average molecular weight is 516 g/mol. The van der Waals surface area contributed by atoms with E-state index in [4.69, 9.17) is 4.99 Å². The first-order valence-corrected chi connectivity index (χ1v) is 11.9. The van der Waals surface area contributed by atoms with Gasteiger partial charge in [-0.2, -0.15) is 0 Å². The first-order valence-electron chi connectivity index (χ1n) is 10.3. The molecule has 1 aliphatic rings. The van der Waals surface area contributed by atoms with Crippen molar-refractivity contribution in [1.29, 1.82) is 0 Å². The van der Waals surface area contributed by atoms with E-state index < -0.39 is 0 Å². The van der Waals surface area contributed by atoms with E-state index in [0.717, 1.165) is 20.9 Å². The quantitative estimate of drug-likeness (QED) is 0.411. The number of thiazole rings is 1. The third kappa shape index (κ3) is 4.65. The molecule has 1 amide bonds. The number of fused-ring (bicyclic) bond motifs is 1. The molecule has 0 atom stereocenters. The van der Waals surface area contributed by atoms with Gasteiger partial charge in [0.15, 0.2) is 4.80 Å². The lowest BCUT2D eigenvalue weighted by Crippen LogP contribution is -2.30. The molecule has 2 heterocycles. The van der Waals surface area contributed by atoms with Crippen LogP contribution in [0.4, 0.5) is 5.69 Å². The van der Waals surface area contributed by atoms with Crippen LogP contribution in [0.2, 0.25) is 0 Å². The van der Waals surface area contributed by atoms with Crippen LogP contribution in [-0.4, -0.2) is 15.6 Å². The molecule has 0 bridgehead atoms. The van der Waals surface area contributed by atoms with E-state index in [1.807, 2.05) is 72.8 Å². The average Bonchev–Trinajstić information content (AvgIpc) is 3.10. The highest BCUT2D eigenvalue weighted by Gasteiger charge is 2.16. The van der Waals surface area contributed by atoms with Crippen LogP contribution < -0.4 is 15.4 Å². The summed E-state index contributed by atoms with van der Waals surface area (Å²) in [6.07, 6.45) is 3.48. The minimum atomic E-state index is -0.339. The molecule has 162 valence electrons. The van der Waals surface area contributed by atoms with Crippen molar-refractivity contribution >= 4 is 51.0 Å². The number of aromatic nitrogens is 1. The summed E-state index contributed by atoms with van der Waals surface area (Å²) in [7, 11) is 0. The third-order valence-electron chi connectivity index (χ3n) is 5.13. The van der Waals surface area contributed by atoms with Gasteiger partial charge in [0.2, 0.25) is 5.88 Å². The highest BCUT2D eigenvalue weighted by Crippen LogP contribution is 2.26. The first kappa shape index (κ1) is 21.3. The monoisotopic (exact) mass is 515 g/mol. The van der Waals surface area contributed by atoms with Crippen LogP contribution in [0, 0.1) is 0 Å². The summed E-state index contributed by atoms with van der Waals surface area (Å²) >= 11 is 4.79. The summed E-state index contributed by atoms with van der Waals surface area (Å²) < 4.78 is 2.67. The molecule has 5 nitrogen and oxygen atoms in total. The van der Waals surface area contributed by atoms with E-state index in [1.54, 1.807) is 22.8 Å². The molecular weight excluding hydrogens is 498 g/mol. The molecule has 7 heteroatoms. The smallest absolute Gasteiger partial charge is 0.277 e. The minimum absolute atomic E-state index is 0.0623. The van der Waals surface area contributed by atoms with Gasteiger partial charge < -0.3 is 5.11 Å². The molecule has 3 aromatic carbocycles. The van der Waals surface area contributed by atoms with Crippen molar-refractivity contribution in [3.05, 3.63) is 115 Å². The SMILES string of the molecule is O=C1N=c2ccc(Br)cc2=C/C1=C/c1sc(=Nc2ccccc2)n(Cc2ccccc2)c1O. The molecule has 0 spiro atoms. The van der Waals surface area contributed by atoms with Crippen LogP contribution in [0.3, 0.4) is 0 Å². The highest BCUT2D eigenvalue weighted by atomic mass is 79.9. The molecule has 1 aliphatic heterocycles. The van der Waals surface area contributed by atoms with Gasteiger partial charge in [0.05, 0.1) is 22.5 Å². The fourth-order valence-corrected chi connectivity index (χ4v) is 4.89. The largest absolute Gasteiger partial charge is 0.493 e. The van der Waals surface area contributed by atoms with Gasteiger partial charge in [-0.05, 0) is 48.0 Å². The first-order chi connectivity index (χ1) is 16.1. The number of amides is 1. The summed E-state index contributed by atoms with van der Waals surface area (Å²) in [5.74, 6) is -0.277. The van der Waals surface area contributed by atoms with Crippen LogP contribution in [0.15, 0.2) is 98.9 Å². The van der Waals surface area contributed by atoms with Gasteiger partial charge in [0.1, 0.15) is 0 Å². The van der Waals surface area contributed by atoms with Crippen molar-refractivity contribution in [1.82, 2.24) is 4.57 Å². The van der Waals surface area contributed by atoms with Gasteiger partial charge in [0, 0.05) is 15.3 Å². The molecule has 0 unspecified atom stereocenters. The second-order valence-corrected chi connectivity index (χ2v) is 9.38. The molecule has 0 saturated carbocycles. The summed E-state index contributed by atoms with van der Waals surface area (Å²) in [5.41, 5.74) is 2.23. The predicted molar refractivity (Wildman–Crippen MR) is 134 cm³/mol. The van der Waals surface area contributed by atoms with Crippen LogP contribution in [0.1, 0.15) is 10.4 Å². The number of aromatic hydroxyl groups is 1. The van der Waals surface area contributed by atoms with Gasteiger partial charge in [-0.15, -0.1) is 0 Å². The molecule has 5 rings (SSSR count). The Bertz CT molecular complexity index is 1570. The Hall–Kier alpha value is -3.55. The number of carbonyl (C=O) groups is 1. The lowest BCUT2D eigenvalue weighted by molar-refractivity contribution is -0.114. The maximum Gasteiger partial charge on any atom is 0.277 e. The van der Waals surface area contributed by atoms with E-state index in [0.29, 0.717) is 27.2 Å². The second kappa shape index (κ2) is 9.13.